The van der Waals surface area contributed by atoms with E-state index >= 15 is 0 Å². The van der Waals surface area contributed by atoms with Crippen LogP contribution >= 0.6 is 15.9 Å². The molecule has 1 N–H and O–H groups in total. The molecule has 110 valence electrons. The minimum atomic E-state index is -0.00787. The first kappa shape index (κ1) is 14.1. The lowest BCUT2D eigenvalue weighted by Crippen LogP contribution is -2.41. The Morgan fingerprint density at radius 1 is 1.55 bits per heavy atom. The number of rotatable bonds is 4. The zero-order chi connectivity index (χ0) is 14.3. The summed E-state index contributed by atoms with van der Waals surface area (Å²) < 4.78 is 2.52. The lowest BCUT2D eigenvalue weighted by atomic mass is 9.84. The van der Waals surface area contributed by atoms with Crippen molar-refractivity contribution in [1.82, 2.24) is 15.1 Å². The van der Waals surface area contributed by atoms with E-state index in [0.29, 0.717) is 18.2 Å². The number of aryl methyl sites for hydroxylation is 1. The molecule has 1 amide bonds. The van der Waals surface area contributed by atoms with E-state index in [1.54, 1.807) is 10.9 Å². The van der Waals surface area contributed by atoms with Gasteiger partial charge in [-0.3, -0.25) is 9.48 Å². The maximum absolute atomic E-state index is 12.5. The largest absolute Gasteiger partial charge is 0.348 e. The van der Waals surface area contributed by atoms with Crippen LogP contribution in [-0.4, -0.2) is 21.7 Å². The van der Waals surface area contributed by atoms with Crippen molar-refractivity contribution in [2.45, 2.75) is 52.1 Å². The fourth-order valence-corrected chi connectivity index (χ4v) is 4.59. The Hall–Kier alpha value is -0.840. The summed E-state index contributed by atoms with van der Waals surface area (Å²) in [6, 6.07) is 0.255. The highest BCUT2D eigenvalue weighted by Gasteiger charge is 2.42. The Kier molecular flexibility index (Phi) is 3.89. The maximum Gasteiger partial charge on any atom is 0.270 e. The van der Waals surface area contributed by atoms with Gasteiger partial charge in [0.25, 0.3) is 5.91 Å². The minimum Gasteiger partial charge on any atom is -0.348 e. The van der Waals surface area contributed by atoms with E-state index in [1.165, 1.54) is 25.7 Å². The molecule has 2 saturated carbocycles. The summed E-state index contributed by atoms with van der Waals surface area (Å²) in [6.45, 7) is 4.86. The summed E-state index contributed by atoms with van der Waals surface area (Å²) in [5.41, 5.74) is 0.641. The standard InChI is InChI=1S/C15H22BrN3O/c1-3-19-14(13(16)8-17-19)15(20)18-9(2)12-7-10-4-5-11(12)6-10/h8-12H,3-7H2,1-2H3,(H,18,20)/t9-,10+,11+,12+/m0/s1. The molecule has 1 heterocycles. The summed E-state index contributed by atoms with van der Waals surface area (Å²) >= 11 is 3.42. The first-order chi connectivity index (χ1) is 9.60. The van der Waals surface area contributed by atoms with E-state index in [4.69, 9.17) is 0 Å². The predicted octanol–water partition coefficient (Wildman–Crippen LogP) is 3.22. The number of nitrogens with zero attached hydrogens (tertiary/aromatic N) is 2. The molecule has 2 aliphatic carbocycles. The smallest absolute Gasteiger partial charge is 0.270 e. The second-order valence-electron chi connectivity index (χ2n) is 6.26. The highest BCUT2D eigenvalue weighted by Crippen LogP contribution is 2.49. The van der Waals surface area contributed by atoms with Crippen molar-refractivity contribution in [1.29, 1.82) is 0 Å². The Balaban J connectivity index is 1.68. The van der Waals surface area contributed by atoms with Crippen LogP contribution in [-0.2, 0) is 6.54 Å². The number of hydrogen-bond acceptors (Lipinski definition) is 2. The van der Waals surface area contributed by atoms with Crippen LogP contribution in [0.25, 0.3) is 0 Å². The van der Waals surface area contributed by atoms with Gasteiger partial charge in [-0.2, -0.15) is 5.10 Å². The molecule has 2 bridgehead atoms. The molecule has 3 rings (SSSR count). The molecule has 0 unspecified atom stereocenters. The van der Waals surface area contributed by atoms with Gasteiger partial charge in [-0.1, -0.05) is 6.42 Å². The molecule has 4 nitrogen and oxygen atoms in total. The average Bonchev–Trinajstić information content (AvgIpc) is 3.12. The zero-order valence-electron chi connectivity index (χ0n) is 12.1. The summed E-state index contributed by atoms with van der Waals surface area (Å²) in [7, 11) is 0. The van der Waals surface area contributed by atoms with Crippen LogP contribution < -0.4 is 5.32 Å². The van der Waals surface area contributed by atoms with E-state index in [0.717, 1.165) is 16.3 Å². The number of amides is 1. The lowest BCUT2D eigenvalue weighted by Gasteiger charge is -2.28. The Morgan fingerprint density at radius 3 is 2.95 bits per heavy atom. The molecule has 1 aromatic heterocycles. The molecule has 0 spiro atoms. The Bertz CT molecular complexity index is 513. The van der Waals surface area contributed by atoms with Crippen LogP contribution in [0.3, 0.4) is 0 Å². The average molecular weight is 340 g/mol. The van der Waals surface area contributed by atoms with Crippen molar-refractivity contribution >= 4 is 21.8 Å². The second-order valence-corrected chi connectivity index (χ2v) is 7.11. The molecular formula is C15H22BrN3O. The van der Waals surface area contributed by atoms with Gasteiger partial charge in [-0.05, 0) is 66.8 Å². The Labute approximate surface area is 128 Å². The van der Waals surface area contributed by atoms with Gasteiger partial charge in [0.1, 0.15) is 5.69 Å². The third-order valence-corrected chi connectivity index (χ3v) is 5.68. The lowest BCUT2D eigenvalue weighted by molar-refractivity contribution is 0.0903. The SMILES string of the molecule is CCn1ncc(Br)c1C(=O)N[C@@H](C)[C@H]1C[C@@H]2CC[C@@H]1C2. The van der Waals surface area contributed by atoms with Crippen LogP contribution in [0.5, 0.6) is 0 Å². The van der Waals surface area contributed by atoms with E-state index < -0.39 is 0 Å². The fraction of sp³-hybridized carbons (Fsp3) is 0.733. The molecule has 4 atom stereocenters. The monoisotopic (exact) mass is 339 g/mol. The van der Waals surface area contributed by atoms with E-state index in [9.17, 15) is 4.79 Å². The van der Waals surface area contributed by atoms with Crippen LogP contribution in [0.1, 0.15) is 50.0 Å². The number of hydrogen-bond donors (Lipinski definition) is 1. The van der Waals surface area contributed by atoms with Crippen LogP contribution in [0, 0.1) is 17.8 Å². The van der Waals surface area contributed by atoms with E-state index in [-0.39, 0.29) is 11.9 Å². The van der Waals surface area contributed by atoms with Crippen LogP contribution in [0.4, 0.5) is 0 Å². The number of nitrogens with one attached hydrogen (secondary N) is 1. The van der Waals surface area contributed by atoms with Crippen molar-refractivity contribution in [3.63, 3.8) is 0 Å². The first-order valence-corrected chi connectivity index (χ1v) is 8.41. The highest BCUT2D eigenvalue weighted by atomic mass is 79.9. The number of fused-ring (bicyclic) bond motifs is 2. The number of carbonyl (C=O) groups is 1. The van der Waals surface area contributed by atoms with Crippen LogP contribution in [0.2, 0.25) is 0 Å². The fourth-order valence-electron chi connectivity index (χ4n) is 4.12. The normalized spacial score (nSPS) is 29.6. The summed E-state index contributed by atoms with van der Waals surface area (Å²) in [6.07, 6.45) is 7.12. The first-order valence-electron chi connectivity index (χ1n) is 7.62. The molecular weight excluding hydrogens is 318 g/mol. The second kappa shape index (κ2) is 5.51. The predicted molar refractivity (Wildman–Crippen MR) is 81.5 cm³/mol. The molecule has 1 aromatic rings. The Morgan fingerprint density at radius 2 is 2.35 bits per heavy atom. The van der Waals surface area contributed by atoms with Crippen molar-refractivity contribution in [2.24, 2.45) is 17.8 Å². The highest BCUT2D eigenvalue weighted by molar-refractivity contribution is 9.10. The van der Waals surface area contributed by atoms with Crippen molar-refractivity contribution < 1.29 is 4.79 Å². The topological polar surface area (TPSA) is 46.9 Å². The molecule has 0 saturated heterocycles. The maximum atomic E-state index is 12.5. The van der Waals surface area contributed by atoms with Gasteiger partial charge >= 0.3 is 0 Å². The van der Waals surface area contributed by atoms with E-state index in [2.05, 4.69) is 33.3 Å². The van der Waals surface area contributed by atoms with Crippen molar-refractivity contribution in [3.05, 3.63) is 16.4 Å². The molecule has 2 fully saturated rings. The number of carbonyl (C=O) groups excluding carboxylic acids is 1. The van der Waals surface area contributed by atoms with Crippen LogP contribution in [0.15, 0.2) is 10.7 Å². The minimum absolute atomic E-state index is 0.00787. The molecule has 0 aromatic carbocycles. The van der Waals surface area contributed by atoms with Gasteiger partial charge in [0, 0.05) is 12.6 Å². The van der Waals surface area contributed by atoms with Gasteiger partial charge in [-0.15, -0.1) is 0 Å². The summed E-state index contributed by atoms with van der Waals surface area (Å²) in [4.78, 5) is 12.5. The third kappa shape index (κ3) is 2.41. The molecule has 0 aliphatic heterocycles. The molecule has 5 heteroatoms. The van der Waals surface area contributed by atoms with E-state index in [1.807, 2.05) is 6.92 Å². The van der Waals surface area contributed by atoms with Crippen molar-refractivity contribution in [2.75, 3.05) is 0 Å². The molecule has 0 radical (unpaired) electrons. The molecule has 20 heavy (non-hydrogen) atoms. The van der Waals surface area contributed by atoms with Gasteiger partial charge in [0.05, 0.1) is 10.7 Å². The molecule has 2 aliphatic rings. The number of aromatic nitrogens is 2. The zero-order valence-corrected chi connectivity index (χ0v) is 13.7. The van der Waals surface area contributed by atoms with Gasteiger partial charge in [-0.25, -0.2) is 0 Å². The number of halogens is 1. The van der Waals surface area contributed by atoms with Crippen molar-refractivity contribution in [3.8, 4) is 0 Å². The quantitative estimate of drug-likeness (QED) is 0.915. The summed E-state index contributed by atoms with van der Waals surface area (Å²) in [5.74, 6) is 2.40. The summed E-state index contributed by atoms with van der Waals surface area (Å²) in [5, 5.41) is 7.40. The van der Waals surface area contributed by atoms with Gasteiger partial charge in [0.2, 0.25) is 0 Å². The van der Waals surface area contributed by atoms with Gasteiger partial charge < -0.3 is 5.32 Å². The third-order valence-electron chi connectivity index (χ3n) is 5.10. The van der Waals surface area contributed by atoms with Gasteiger partial charge in [0.15, 0.2) is 0 Å².